The fraction of sp³-hybridized carbons (Fsp3) is 0.231. The summed E-state index contributed by atoms with van der Waals surface area (Å²) in [5.41, 5.74) is 2.13. The quantitative estimate of drug-likeness (QED) is 0.544. The minimum absolute atomic E-state index is 0.00387. The molecule has 182 valence electrons. The molecule has 3 aromatic carbocycles. The van der Waals surface area contributed by atoms with Gasteiger partial charge in [-0.1, -0.05) is 18.2 Å². The summed E-state index contributed by atoms with van der Waals surface area (Å²) in [5.74, 6) is -0.505. The van der Waals surface area contributed by atoms with Crippen molar-refractivity contribution in [3.8, 4) is 5.75 Å². The fourth-order valence-corrected chi connectivity index (χ4v) is 5.08. The molecule has 0 atom stereocenters. The van der Waals surface area contributed by atoms with Crippen molar-refractivity contribution >= 4 is 33.0 Å². The van der Waals surface area contributed by atoms with Crippen molar-refractivity contribution in [2.24, 2.45) is 0 Å². The van der Waals surface area contributed by atoms with Crippen LogP contribution >= 0.6 is 0 Å². The number of amides is 2. The highest BCUT2D eigenvalue weighted by Crippen LogP contribution is 2.21. The van der Waals surface area contributed by atoms with Crippen LogP contribution in [0.15, 0.2) is 83.8 Å². The Morgan fingerprint density at radius 3 is 2.09 bits per heavy atom. The summed E-state index contributed by atoms with van der Waals surface area (Å²) >= 11 is 0. The Hall–Kier alpha value is -3.85. The Kier molecular flexibility index (Phi) is 7.36. The minimum atomic E-state index is -3.70. The smallest absolute Gasteiger partial charge is 0.253 e. The number of sulfone groups is 1. The first-order valence-electron chi connectivity index (χ1n) is 11.2. The van der Waals surface area contributed by atoms with Gasteiger partial charge in [-0.25, -0.2) is 8.42 Å². The second kappa shape index (κ2) is 10.6. The van der Waals surface area contributed by atoms with E-state index in [9.17, 15) is 18.0 Å². The van der Waals surface area contributed by atoms with Crippen LogP contribution in [-0.2, 0) is 14.6 Å². The van der Waals surface area contributed by atoms with Crippen LogP contribution in [0.5, 0.6) is 5.75 Å². The average Bonchev–Trinajstić information content (AvgIpc) is 2.89. The predicted octanol–water partition coefficient (Wildman–Crippen LogP) is 3.07. The number of piperazine rings is 1. The molecule has 0 saturated carbocycles. The van der Waals surface area contributed by atoms with Crippen LogP contribution in [0.3, 0.4) is 0 Å². The van der Waals surface area contributed by atoms with Crippen molar-refractivity contribution < 1.29 is 22.7 Å². The first-order valence-corrected chi connectivity index (χ1v) is 12.9. The summed E-state index contributed by atoms with van der Waals surface area (Å²) in [4.78, 5) is 29.2. The van der Waals surface area contributed by atoms with Gasteiger partial charge in [0.05, 0.1) is 12.0 Å². The number of hydrogen-bond donors (Lipinski definition) is 1. The van der Waals surface area contributed by atoms with Crippen LogP contribution in [0.1, 0.15) is 10.4 Å². The molecule has 0 bridgehead atoms. The lowest BCUT2D eigenvalue weighted by Gasteiger charge is -2.36. The van der Waals surface area contributed by atoms with Crippen molar-refractivity contribution in [1.82, 2.24) is 4.90 Å². The first kappa shape index (κ1) is 24.3. The Morgan fingerprint density at radius 1 is 0.857 bits per heavy atom. The number of methoxy groups -OCH3 is 1. The second-order valence-corrected chi connectivity index (χ2v) is 10.2. The Balaban J connectivity index is 1.30. The third kappa shape index (κ3) is 5.99. The maximum atomic E-state index is 12.8. The monoisotopic (exact) mass is 493 g/mol. The van der Waals surface area contributed by atoms with Crippen LogP contribution < -0.4 is 15.0 Å². The van der Waals surface area contributed by atoms with E-state index in [1.54, 1.807) is 61.7 Å². The van der Waals surface area contributed by atoms with Gasteiger partial charge in [-0.2, -0.15) is 0 Å². The molecule has 0 aromatic heterocycles. The highest BCUT2D eigenvalue weighted by Gasteiger charge is 2.23. The number of carbonyl (C=O) groups excluding carboxylic acids is 2. The van der Waals surface area contributed by atoms with Crippen molar-refractivity contribution in [2.75, 3.05) is 49.3 Å². The Morgan fingerprint density at radius 2 is 1.49 bits per heavy atom. The molecule has 0 aliphatic carbocycles. The molecule has 0 unspecified atom stereocenters. The zero-order valence-corrected chi connectivity index (χ0v) is 20.2. The van der Waals surface area contributed by atoms with E-state index in [0.717, 1.165) is 5.69 Å². The van der Waals surface area contributed by atoms with E-state index < -0.39 is 21.5 Å². The third-order valence-electron chi connectivity index (χ3n) is 5.84. The van der Waals surface area contributed by atoms with Gasteiger partial charge in [0.1, 0.15) is 11.5 Å². The Bertz CT molecular complexity index is 1270. The maximum Gasteiger partial charge on any atom is 0.253 e. The molecule has 35 heavy (non-hydrogen) atoms. The summed E-state index contributed by atoms with van der Waals surface area (Å²) in [6.45, 7) is 2.56. The van der Waals surface area contributed by atoms with Crippen LogP contribution in [0.2, 0.25) is 0 Å². The largest absolute Gasteiger partial charge is 0.497 e. The highest BCUT2D eigenvalue weighted by atomic mass is 32.2. The molecule has 1 N–H and O–H groups in total. The van der Waals surface area contributed by atoms with E-state index >= 15 is 0 Å². The predicted molar refractivity (Wildman–Crippen MR) is 135 cm³/mol. The molecule has 1 aliphatic heterocycles. The molecular formula is C26H27N3O5S. The Labute approximate surface area is 205 Å². The SMILES string of the molecule is COc1ccc(C(=O)N2CCN(c3ccc(NC(=O)CS(=O)(=O)c4ccccc4)cc3)CC2)cc1. The van der Waals surface area contributed by atoms with E-state index in [0.29, 0.717) is 43.2 Å². The summed E-state index contributed by atoms with van der Waals surface area (Å²) in [6.07, 6.45) is 0. The molecule has 9 heteroatoms. The van der Waals surface area contributed by atoms with Crippen molar-refractivity contribution in [3.63, 3.8) is 0 Å². The normalized spacial score (nSPS) is 13.9. The maximum absolute atomic E-state index is 12.8. The number of nitrogens with one attached hydrogen (secondary N) is 1. The lowest BCUT2D eigenvalue weighted by Crippen LogP contribution is -2.48. The first-order chi connectivity index (χ1) is 16.9. The van der Waals surface area contributed by atoms with Gasteiger partial charge in [0.2, 0.25) is 5.91 Å². The van der Waals surface area contributed by atoms with E-state index in [2.05, 4.69) is 10.2 Å². The summed E-state index contributed by atoms with van der Waals surface area (Å²) in [6, 6.07) is 22.3. The van der Waals surface area contributed by atoms with Crippen molar-refractivity contribution in [3.05, 3.63) is 84.4 Å². The summed E-state index contributed by atoms with van der Waals surface area (Å²) in [7, 11) is -2.11. The van der Waals surface area contributed by atoms with Crippen LogP contribution in [0.4, 0.5) is 11.4 Å². The number of rotatable bonds is 7. The number of carbonyl (C=O) groups is 2. The van der Waals surface area contributed by atoms with Crippen LogP contribution in [-0.4, -0.2) is 64.2 Å². The van der Waals surface area contributed by atoms with E-state index in [4.69, 9.17) is 4.74 Å². The fourth-order valence-electron chi connectivity index (χ4n) is 3.92. The van der Waals surface area contributed by atoms with E-state index in [-0.39, 0.29) is 10.8 Å². The van der Waals surface area contributed by atoms with Crippen LogP contribution in [0, 0.1) is 0 Å². The lowest BCUT2D eigenvalue weighted by atomic mass is 10.1. The topological polar surface area (TPSA) is 96.0 Å². The number of hydrogen-bond acceptors (Lipinski definition) is 6. The molecule has 1 heterocycles. The van der Waals surface area contributed by atoms with Gasteiger partial charge in [-0.3, -0.25) is 9.59 Å². The van der Waals surface area contributed by atoms with Crippen LogP contribution in [0.25, 0.3) is 0 Å². The lowest BCUT2D eigenvalue weighted by molar-refractivity contribution is -0.113. The number of nitrogens with zero attached hydrogens (tertiary/aromatic N) is 2. The second-order valence-electron chi connectivity index (χ2n) is 8.17. The molecule has 0 spiro atoms. The summed E-state index contributed by atoms with van der Waals surface area (Å²) in [5, 5.41) is 2.65. The van der Waals surface area contributed by atoms with E-state index in [1.807, 2.05) is 17.0 Å². The molecule has 4 rings (SSSR count). The zero-order valence-electron chi connectivity index (χ0n) is 19.4. The van der Waals surface area contributed by atoms with Gasteiger partial charge in [0.15, 0.2) is 9.84 Å². The molecule has 8 nitrogen and oxygen atoms in total. The van der Waals surface area contributed by atoms with Crippen molar-refractivity contribution in [1.29, 1.82) is 0 Å². The van der Waals surface area contributed by atoms with Gasteiger partial charge in [-0.15, -0.1) is 0 Å². The standard InChI is InChI=1S/C26H27N3O5S/c1-34-23-13-7-20(8-14-23)26(31)29-17-15-28(16-18-29)22-11-9-21(10-12-22)27-25(30)19-35(32,33)24-5-3-2-4-6-24/h2-14H,15-19H2,1H3,(H,27,30). The molecular weight excluding hydrogens is 466 g/mol. The van der Waals surface area contributed by atoms with E-state index in [1.165, 1.54) is 12.1 Å². The summed E-state index contributed by atoms with van der Waals surface area (Å²) < 4.78 is 29.9. The molecule has 1 aliphatic rings. The third-order valence-corrected chi connectivity index (χ3v) is 7.48. The molecule has 0 radical (unpaired) electrons. The highest BCUT2D eigenvalue weighted by molar-refractivity contribution is 7.92. The van der Waals surface area contributed by atoms with Gasteiger partial charge < -0.3 is 19.9 Å². The number of ether oxygens (including phenoxy) is 1. The van der Waals surface area contributed by atoms with Gasteiger partial charge in [-0.05, 0) is 60.7 Å². The average molecular weight is 494 g/mol. The minimum Gasteiger partial charge on any atom is -0.497 e. The number of anilines is 2. The van der Waals surface area contributed by atoms with Gasteiger partial charge >= 0.3 is 0 Å². The molecule has 3 aromatic rings. The van der Waals surface area contributed by atoms with Gasteiger partial charge in [0.25, 0.3) is 5.91 Å². The number of benzene rings is 3. The molecule has 2 amide bonds. The zero-order chi connectivity index (χ0) is 24.8. The molecule has 1 fully saturated rings. The van der Waals surface area contributed by atoms with Gasteiger partial charge in [0, 0.05) is 43.1 Å². The van der Waals surface area contributed by atoms with Crippen molar-refractivity contribution in [2.45, 2.75) is 4.90 Å². The molecule has 1 saturated heterocycles.